The summed E-state index contributed by atoms with van der Waals surface area (Å²) in [7, 11) is 1.16. The van der Waals surface area contributed by atoms with Crippen LogP contribution in [-0.4, -0.2) is 70.0 Å². The summed E-state index contributed by atoms with van der Waals surface area (Å²) < 4.78 is 34.2. The number of carbonyl (C=O) groups is 2. The first-order valence-corrected chi connectivity index (χ1v) is 35.8. The lowest BCUT2D eigenvalue weighted by Gasteiger charge is -2.28. The van der Waals surface area contributed by atoms with Crippen molar-refractivity contribution >= 4 is 19.8 Å². The monoisotopic (exact) mass is 1170 g/mol. The third-order valence-electron chi connectivity index (χ3n) is 14.9. The van der Waals surface area contributed by atoms with Gasteiger partial charge in [0.05, 0.1) is 27.7 Å². The van der Waals surface area contributed by atoms with E-state index in [-0.39, 0.29) is 32.0 Å². The lowest BCUT2D eigenvalue weighted by molar-refractivity contribution is -0.870. The maximum Gasteiger partial charge on any atom is 0.306 e. The first kappa shape index (κ1) is 79.2. The first-order chi connectivity index (χ1) is 40.0. The molecule has 476 valence electrons. The second kappa shape index (κ2) is 62.7. The van der Waals surface area contributed by atoms with Crippen molar-refractivity contribution in [3.63, 3.8) is 0 Å². The molecule has 0 N–H and O–H groups in total. The Morgan fingerprint density at radius 1 is 0.390 bits per heavy atom. The van der Waals surface area contributed by atoms with Crippen molar-refractivity contribution in [2.75, 3.05) is 47.5 Å². The Hall–Kier alpha value is -2.81. The molecule has 0 radical (unpaired) electrons. The molecule has 0 fully saturated rings. The Morgan fingerprint density at radius 2 is 0.695 bits per heavy atom. The van der Waals surface area contributed by atoms with E-state index < -0.39 is 26.5 Å². The Bertz CT molecular complexity index is 1660. The summed E-state index contributed by atoms with van der Waals surface area (Å²) in [5.74, 6) is -0.842. The smallest absolute Gasteiger partial charge is 0.306 e. The number of phosphoric ester groups is 1. The number of rotatable bonds is 63. The van der Waals surface area contributed by atoms with Gasteiger partial charge in [-0.2, -0.15) is 0 Å². The molecule has 2 atom stereocenters. The lowest BCUT2D eigenvalue weighted by atomic mass is 10.0. The molecular formula is C72H130NO8P. The minimum absolute atomic E-state index is 0.0357. The molecular weight excluding hydrogens is 1040 g/mol. The number of allylic oxidation sites excluding steroid dienone is 14. The third-order valence-corrected chi connectivity index (χ3v) is 15.9. The summed E-state index contributed by atoms with van der Waals surface area (Å²) in [5.41, 5.74) is 0. The van der Waals surface area contributed by atoms with Crippen LogP contribution in [0.3, 0.4) is 0 Å². The third kappa shape index (κ3) is 66.3. The Morgan fingerprint density at radius 3 is 1.04 bits per heavy atom. The maximum absolute atomic E-state index is 12.8. The van der Waals surface area contributed by atoms with Gasteiger partial charge < -0.3 is 27.9 Å². The molecule has 2 unspecified atom stereocenters. The number of phosphoric acid groups is 1. The van der Waals surface area contributed by atoms with E-state index in [4.69, 9.17) is 18.5 Å². The number of unbranched alkanes of at least 4 members (excludes halogenated alkanes) is 35. The zero-order chi connectivity index (χ0) is 59.8. The van der Waals surface area contributed by atoms with Crippen molar-refractivity contribution in [3.8, 4) is 0 Å². The standard InChI is InChI=1S/C72H130NO8P/c1-6-8-10-12-14-16-18-20-22-24-26-27-28-29-30-31-32-33-34-35-36-37-38-39-40-41-42-43-44-45-47-48-50-52-54-56-58-60-62-64-71(74)78-68-70(69-80-82(76,77)79-67-66-73(3,4)5)81-72(75)65-63-61-59-57-55-53-51-49-46-25-23-21-19-17-15-13-11-9-7-2/h9,11,15,17-18,20-21,23-24,26,28-29,46,49,70H,6-8,10,12-14,16,19,22,25,27,30-45,47-48,50-69H2,1-5H3/b11-9-,17-15-,20-18-,23-21-,26-24-,29-28-,49-46-. The number of quaternary nitrogens is 1. The molecule has 0 spiro atoms. The van der Waals surface area contributed by atoms with Gasteiger partial charge in [-0.1, -0.05) is 292 Å². The summed E-state index contributed by atoms with van der Waals surface area (Å²) in [6, 6.07) is 0. The van der Waals surface area contributed by atoms with Crippen molar-refractivity contribution in [1.29, 1.82) is 0 Å². The van der Waals surface area contributed by atoms with Crippen molar-refractivity contribution < 1.29 is 42.1 Å². The molecule has 0 heterocycles. The lowest BCUT2D eigenvalue weighted by Crippen LogP contribution is -2.37. The molecule has 0 aromatic rings. The van der Waals surface area contributed by atoms with E-state index in [0.717, 1.165) is 96.3 Å². The van der Waals surface area contributed by atoms with Crippen molar-refractivity contribution in [1.82, 2.24) is 0 Å². The zero-order valence-corrected chi connectivity index (χ0v) is 55.1. The van der Waals surface area contributed by atoms with Crippen LogP contribution in [0.15, 0.2) is 85.1 Å². The van der Waals surface area contributed by atoms with Gasteiger partial charge >= 0.3 is 11.9 Å². The minimum Gasteiger partial charge on any atom is -0.756 e. The van der Waals surface area contributed by atoms with Gasteiger partial charge in [0.15, 0.2) is 6.10 Å². The molecule has 0 saturated heterocycles. The second-order valence-electron chi connectivity index (χ2n) is 24.2. The summed E-state index contributed by atoms with van der Waals surface area (Å²) in [4.78, 5) is 38.0. The molecule has 0 saturated carbocycles. The summed E-state index contributed by atoms with van der Waals surface area (Å²) in [5, 5.41) is 0. The fourth-order valence-corrected chi connectivity index (χ4v) is 10.4. The summed E-state index contributed by atoms with van der Waals surface area (Å²) in [6.45, 7) is 4.12. The van der Waals surface area contributed by atoms with Crippen LogP contribution in [0.25, 0.3) is 0 Å². The van der Waals surface area contributed by atoms with Crippen molar-refractivity contribution in [2.24, 2.45) is 0 Å². The number of esters is 2. The average Bonchev–Trinajstić information content (AvgIpc) is 3.46. The van der Waals surface area contributed by atoms with E-state index in [0.29, 0.717) is 17.4 Å². The summed E-state index contributed by atoms with van der Waals surface area (Å²) >= 11 is 0. The highest BCUT2D eigenvalue weighted by Gasteiger charge is 2.22. The van der Waals surface area contributed by atoms with Gasteiger partial charge in [0.1, 0.15) is 19.8 Å². The molecule has 0 aliphatic carbocycles. The van der Waals surface area contributed by atoms with E-state index in [1.165, 1.54) is 180 Å². The predicted octanol–water partition coefficient (Wildman–Crippen LogP) is 21.5. The van der Waals surface area contributed by atoms with Crippen LogP contribution in [0.1, 0.15) is 309 Å². The second-order valence-corrected chi connectivity index (χ2v) is 25.6. The van der Waals surface area contributed by atoms with Gasteiger partial charge in [0, 0.05) is 12.8 Å². The number of hydrogen-bond acceptors (Lipinski definition) is 8. The van der Waals surface area contributed by atoms with E-state index in [2.05, 4.69) is 98.9 Å². The van der Waals surface area contributed by atoms with Crippen LogP contribution in [0.2, 0.25) is 0 Å². The fraction of sp³-hybridized carbons (Fsp3) is 0.778. The minimum atomic E-state index is -4.65. The van der Waals surface area contributed by atoms with Crippen LogP contribution < -0.4 is 4.89 Å². The molecule has 10 heteroatoms. The molecule has 0 aromatic heterocycles. The predicted molar refractivity (Wildman–Crippen MR) is 351 cm³/mol. The van der Waals surface area contributed by atoms with Crippen molar-refractivity contribution in [2.45, 2.75) is 315 Å². The molecule has 0 amide bonds. The quantitative estimate of drug-likeness (QED) is 0.0195. The highest BCUT2D eigenvalue weighted by Crippen LogP contribution is 2.38. The maximum atomic E-state index is 12.8. The van der Waals surface area contributed by atoms with Gasteiger partial charge in [-0.25, -0.2) is 0 Å². The van der Waals surface area contributed by atoms with Gasteiger partial charge in [0.2, 0.25) is 0 Å². The SMILES string of the molecule is CC/C=C\C/C=C\C/C=C\C/C=C\CCCCCCCCC(=O)OC(COC(=O)CCCCCCCCCCCCCCCCCCCCCCCCCC/C=C\C/C=C\C/C=C\CCCCCCC)COP(=O)([O-])OCC[N+](C)(C)C. The number of carbonyl (C=O) groups excluding carboxylic acids is 2. The average molecular weight is 1170 g/mol. The first-order valence-electron chi connectivity index (χ1n) is 34.3. The van der Waals surface area contributed by atoms with Crippen molar-refractivity contribution in [3.05, 3.63) is 85.1 Å². The zero-order valence-electron chi connectivity index (χ0n) is 54.2. The number of ether oxygens (including phenoxy) is 2. The number of likely N-dealkylation sites (N-methyl/N-ethyl adjacent to an activating group) is 1. The largest absolute Gasteiger partial charge is 0.756 e. The van der Waals surface area contributed by atoms with E-state index in [1.54, 1.807) is 0 Å². The molecule has 0 aromatic carbocycles. The Balaban J connectivity index is 3.94. The van der Waals surface area contributed by atoms with E-state index in [9.17, 15) is 19.0 Å². The molecule has 9 nitrogen and oxygen atoms in total. The van der Waals surface area contributed by atoms with Crippen LogP contribution >= 0.6 is 7.82 Å². The van der Waals surface area contributed by atoms with Crippen LogP contribution in [-0.2, 0) is 32.7 Å². The molecule has 0 aliphatic heterocycles. The summed E-state index contributed by atoms with van der Waals surface area (Å²) in [6.07, 6.45) is 85.3. The van der Waals surface area contributed by atoms with Crippen LogP contribution in [0.4, 0.5) is 0 Å². The molecule has 82 heavy (non-hydrogen) atoms. The van der Waals surface area contributed by atoms with Crippen LogP contribution in [0.5, 0.6) is 0 Å². The normalized spacial score (nSPS) is 13.7. The van der Waals surface area contributed by atoms with Gasteiger partial charge in [0.25, 0.3) is 7.82 Å². The van der Waals surface area contributed by atoms with Gasteiger partial charge in [-0.15, -0.1) is 0 Å². The Kier molecular flexibility index (Phi) is 60.6. The van der Waals surface area contributed by atoms with E-state index >= 15 is 0 Å². The highest BCUT2D eigenvalue weighted by atomic mass is 31.2. The molecule has 0 aliphatic rings. The fourth-order valence-electron chi connectivity index (χ4n) is 9.66. The van der Waals surface area contributed by atoms with Crippen LogP contribution in [0, 0.1) is 0 Å². The van der Waals surface area contributed by atoms with Gasteiger partial charge in [-0.3, -0.25) is 14.2 Å². The number of hydrogen-bond donors (Lipinski definition) is 0. The Labute approximate surface area is 507 Å². The highest BCUT2D eigenvalue weighted by molar-refractivity contribution is 7.45. The molecule has 0 rings (SSSR count). The topological polar surface area (TPSA) is 111 Å². The molecule has 0 bridgehead atoms. The van der Waals surface area contributed by atoms with Gasteiger partial charge in [-0.05, 0) is 89.9 Å². The van der Waals surface area contributed by atoms with E-state index in [1.807, 2.05) is 21.1 Å². The number of nitrogens with zero attached hydrogens (tertiary/aromatic N) is 1.